The Kier molecular flexibility index (Phi) is 5.04. The van der Waals surface area contributed by atoms with Gasteiger partial charge in [-0.05, 0) is 29.2 Å². The van der Waals surface area contributed by atoms with Crippen LogP contribution in [0.2, 0.25) is 0 Å². The lowest BCUT2D eigenvalue weighted by molar-refractivity contribution is -0.139. The number of carboxylic acids is 1. The molecule has 1 amide bonds. The van der Waals surface area contributed by atoms with Crippen LogP contribution >= 0.6 is 0 Å². The number of benzene rings is 2. The summed E-state index contributed by atoms with van der Waals surface area (Å²) in [5.74, 6) is -1.04. The fourth-order valence-corrected chi connectivity index (χ4v) is 2.60. The van der Waals surface area contributed by atoms with Gasteiger partial charge in [-0.15, -0.1) is 0 Å². The quantitative estimate of drug-likeness (QED) is 0.859. The molecule has 0 spiro atoms. The van der Waals surface area contributed by atoms with Crippen molar-refractivity contribution in [1.29, 1.82) is 0 Å². The number of nitrogens with one attached hydrogen (secondary N) is 1. The topological polar surface area (TPSA) is 66.4 Å². The number of rotatable bonds is 6. The molecule has 2 rings (SSSR count). The van der Waals surface area contributed by atoms with Crippen LogP contribution < -0.4 is 5.32 Å². The summed E-state index contributed by atoms with van der Waals surface area (Å²) in [4.78, 5) is 23.4. The third-order valence-corrected chi connectivity index (χ3v) is 4.40. The highest BCUT2D eigenvalue weighted by Crippen LogP contribution is 2.21. The zero-order chi connectivity index (χ0) is 17.0. The molecular formula is C19H23NO3. The maximum atomic E-state index is 12.3. The Morgan fingerprint density at radius 3 is 2.39 bits per heavy atom. The highest BCUT2D eigenvalue weighted by atomic mass is 16.4. The monoisotopic (exact) mass is 313 g/mol. The first kappa shape index (κ1) is 17.0. The minimum atomic E-state index is -0.910. The van der Waals surface area contributed by atoms with Gasteiger partial charge in [0.05, 0.1) is 12.8 Å². The Labute approximate surface area is 136 Å². The van der Waals surface area contributed by atoms with Crippen LogP contribution in [0, 0.1) is 5.92 Å². The maximum Gasteiger partial charge on any atom is 0.305 e. The van der Waals surface area contributed by atoms with Crippen molar-refractivity contribution in [2.24, 2.45) is 5.92 Å². The van der Waals surface area contributed by atoms with E-state index in [1.807, 2.05) is 56.3 Å². The second-order valence-electron chi connectivity index (χ2n) is 6.55. The second-order valence-corrected chi connectivity index (χ2v) is 6.55. The zero-order valence-electron chi connectivity index (χ0n) is 13.8. The molecule has 0 aromatic heterocycles. The first-order chi connectivity index (χ1) is 10.8. The molecule has 0 fully saturated rings. The summed E-state index contributed by atoms with van der Waals surface area (Å²) in [6, 6.07) is 13.9. The molecule has 0 saturated carbocycles. The minimum Gasteiger partial charge on any atom is -0.481 e. The molecule has 2 aromatic carbocycles. The number of hydrogen-bond donors (Lipinski definition) is 2. The van der Waals surface area contributed by atoms with E-state index >= 15 is 0 Å². The van der Waals surface area contributed by atoms with Gasteiger partial charge in [0, 0.05) is 5.54 Å². The van der Waals surface area contributed by atoms with Crippen LogP contribution in [0.3, 0.4) is 0 Å². The van der Waals surface area contributed by atoms with E-state index in [4.69, 9.17) is 5.11 Å². The van der Waals surface area contributed by atoms with E-state index in [-0.39, 0.29) is 24.7 Å². The van der Waals surface area contributed by atoms with Crippen molar-refractivity contribution in [3.05, 3.63) is 48.0 Å². The van der Waals surface area contributed by atoms with E-state index in [2.05, 4.69) is 5.32 Å². The van der Waals surface area contributed by atoms with E-state index in [1.54, 1.807) is 6.92 Å². The lowest BCUT2D eigenvalue weighted by Crippen LogP contribution is -2.51. The van der Waals surface area contributed by atoms with Gasteiger partial charge in [0.2, 0.25) is 5.91 Å². The van der Waals surface area contributed by atoms with Gasteiger partial charge in [0.25, 0.3) is 0 Å². The number of carbonyl (C=O) groups is 2. The fraction of sp³-hybridized carbons (Fsp3) is 0.368. The first-order valence-corrected chi connectivity index (χ1v) is 7.80. The van der Waals surface area contributed by atoms with Crippen LogP contribution in [0.15, 0.2) is 42.5 Å². The molecule has 0 heterocycles. The standard InChI is InChI=1S/C19H23NO3/c1-13(2)19(3,12-18(22)23)20-17(21)11-14-8-9-15-6-4-5-7-16(15)10-14/h4-10,13H,11-12H2,1-3H3,(H,20,21)(H,22,23). The first-order valence-electron chi connectivity index (χ1n) is 7.80. The smallest absolute Gasteiger partial charge is 0.305 e. The Balaban J connectivity index is 2.11. The Morgan fingerprint density at radius 1 is 1.13 bits per heavy atom. The minimum absolute atomic E-state index is 0.0270. The van der Waals surface area contributed by atoms with Crippen molar-refractivity contribution in [2.45, 2.75) is 39.2 Å². The maximum absolute atomic E-state index is 12.3. The molecule has 2 N–H and O–H groups in total. The van der Waals surface area contributed by atoms with Crippen molar-refractivity contribution >= 4 is 22.6 Å². The number of fused-ring (bicyclic) bond motifs is 1. The predicted molar refractivity (Wildman–Crippen MR) is 91.3 cm³/mol. The number of hydrogen-bond acceptors (Lipinski definition) is 2. The Morgan fingerprint density at radius 2 is 1.78 bits per heavy atom. The summed E-state index contributed by atoms with van der Waals surface area (Å²) in [5.41, 5.74) is 0.169. The highest BCUT2D eigenvalue weighted by molar-refractivity contribution is 5.85. The summed E-state index contributed by atoms with van der Waals surface area (Å²) in [5, 5.41) is 14.2. The van der Waals surface area contributed by atoms with Gasteiger partial charge in [-0.2, -0.15) is 0 Å². The largest absolute Gasteiger partial charge is 0.481 e. The summed E-state index contributed by atoms with van der Waals surface area (Å²) < 4.78 is 0. The Hall–Kier alpha value is -2.36. The van der Waals surface area contributed by atoms with Crippen LogP contribution in [-0.2, 0) is 16.0 Å². The molecule has 0 aliphatic carbocycles. The second kappa shape index (κ2) is 6.82. The summed E-state index contributed by atoms with van der Waals surface area (Å²) >= 11 is 0. The van der Waals surface area contributed by atoms with E-state index in [9.17, 15) is 9.59 Å². The third-order valence-electron chi connectivity index (χ3n) is 4.40. The van der Waals surface area contributed by atoms with Gasteiger partial charge < -0.3 is 10.4 Å². The normalized spacial score (nSPS) is 13.7. The molecule has 4 heteroatoms. The van der Waals surface area contributed by atoms with Crippen molar-refractivity contribution in [1.82, 2.24) is 5.32 Å². The van der Waals surface area contributed by atoms with Gasteiger partial charge in [-0.25, -0.2) is 0 Å². The third kappa shape index (κ3) is 4.31. The van der Waals surface area contributed by atoms with E-state index in [1.165, 1.54) is 0 Å². The van der Waals surface area contributed by atoms with Crippen molar-refractivity contribution in [3.63, 3.8) is 0 Å². The molecule has 4 nitrogen and oxygen atoms in total. The molecule has 0 radical (unpaired) electrons. The molecule has 1 atom stereocenters. The molecule has 0 aliphatic rings. The number of aliphatic carboxylic acids is 1. The molecule has 23 heavy (non-hydrogen) atoms. The molecule has 1 unspecified atom stereocenters. The SMILES string of the molecule is CC(C)C(C)(CC(=O)O)NC(=O)Cc1ccc2ccccc2c1. The van der Waals surface area contributed by atoms with Gasteiger partial charge in [-0.3, -0.25) is 9.59 Å². The summed E-state index contributed by atoms with van der Waals surface area (Å²) in [6.07, 6.45) is 0.154. The molecule has 0 saturated heterocycles. The van der Waals surface area contributed by atoms with Crippen molar-refractivity contribution in [2.75, 3.05) is 0 Å². The van der Waals surface area contributed by atoms with E-state index in [0.717, 1.165) is 16.3 Å². The highest BCUT2D eigenvalue weighted by Gasteiger charge is 2.32. The molecule has 0 bridgehead atoms. The zero-order valence-corrected chi connectivity index (χ0v) is 13.8. The van der Waals surface area contributed by atoms with Crippen LogP contribution in [-0.4, -0.2) is 22.5 Å². The average molecular weight is 313 g/mol. The number of amides is 1. The van der Waals surface area contributed by atoms with Crippen molar-refractivity contribution in [3.8, 4) is 0 Å². The number of carbonyl (C=O) groups excluding carboxylic acids is 1. The van der Waals surface area contributed by atoms with E-state index in [0.29, 0.717) is 0 Å². The lowest BCUT2D eigenvalue weighted by atomic mass is 9.85. The van der Waals surface area contributed by atoms with Crippen LogP contribution in [0.25, 0.3) is 10.8 Å². The van der Waals surface area contributed by atoms with Crippen LogP contribution in [0.1, 0.15) is 32.8 Å². The van der Waals surface area contributed by atoms with Crippen molar-refractivity contribution < 1.29 is 14.7 Å². The lowest BCUT2D eigenvalue weighted by Gasteiger charge is -2.33. The van der Waals surface area contributed by atoms with Gasteiger partial charge in [0.1, 0.15) is 0 Å². The van der Waals surface area contributed by atoms with Crippen LogP contribution in [0.5, 0.6) is 0 Å². The van der Waals surface area contributed by atoms with Gasteiger partial charge in [0.15, 0.2) is 0 Å². The average Bonchev–Trinajstić information content (AvgIpc) is 2.45. The fourth-order valence-electron chi connectivity index (χ4n) is 2.60. The Bertz CT molecular complexity index is 723. The summed E-state index contributed by atoms with van der Waals surface area (Å²) in [6.45, 7) is 5.61. The molecule has 2 aromatic rings. The summed E-state index contributed by atoms with van der Waals surface area (Å²) in [7, 11) is 0. The van der Waals surface area contributed by atoms with E-state index < -0.39 is 11.5 Å². The van der Waals surface area contributed by atoms with Crippen LogP contribution in [0.4, 0.5) is 0 Å². The molecular weight excluding hydrogens is 290 g/mol. The van der Waals surface area contributed by atoms with Gasteiger partial charge >= 0.3 is 5.97 Å². The molecule has 0 aliphatic heterocycles. The predicted octanol–water partition coefficient (Wildman–Crippen LogP) is 3.39. The van der Waals surface area contributed by atoms with Gasteiger partial charge in [-0.1, -0.05) is 56.3 Å². The molecule has 122 valence electrons. The number of carboxylic acid groups (broad SMARTS) is 1.